The summed E-state index contributed by atoms with van der Waals surface area (Å²) in [6.45, 7) is 8.29. The van der Waals surface area contributed by atoms with Gasteiger partial charge in [-0.1, -0.05) is 12.8 Å². The van der Waals surface area contributed by atoms with Gasteiger partial charge in [-0.3, -0.25) is 4.31 Å². The van der Waals surface area contributed by atoms with Crippen molar-refractivity contribution in [3.8, 4) is 0 Å². The zero-order valence-electron chi connectivity index (χ0n) is 10.3. The van der Waals surface area contributed by atoms with Crippen molar-refractivity contribution < 1.29 is 9.53 Å². The van der Waals surface area contributed by atoms with Crippen LogP contribution in [0.5, 0.6) is 0 Å². The number of nitrogens with zero attached hydrogens (tertiary/aromatic N) is 1. The van der Waals surface area contributed by atoms with Crippen LogP contribution in [-0.4, -0.2) is 35.6 Å². The van der Waals surface area contributed by atoms with Gasteiger partial charge >= 0.3 is 6.09 Å². The summed E-state index contributed by atoms with van der Waals surface area (Å²) in [5.74, 6) is 0.552. The number of rotatable bonds is 2. The van der Waals surface area contributed by atoms with E-state index in [1.165, 1.54) is 0 Å². The lowest BCUT2D eigenvalue weighted by Crippen LogP contribution is -2.38. The van der Waals surface area contributed by atoms with Gasteiger partial charge in [0.05, 0.1) is 0 Å². The van der Waals surface area contributed by atoms with Crippen LogP contribution in [0.15, 0.2) is 0 Å². The Morgan fingerprint density at radius 3 is 2.50 bits per heavy atom. The number of thiol groups is 1. The van der Waals surface area contributed by atoms with E-state index in [1.807, 2.05) is 25.1 Å². The van der Waals surface area contributed by atoms with Gasteiger partial charge in [-0.15, -0.1) is 0 Å². The van der Waals surface area contributed by atoms with Crippen LogP contribution in [0, 0.1) is 5.92 Å². The van der Waals surface area contributed by atoms with Crippen molar-refractivity contribution in [1.29, 1.82) is 0 Å². The second-order valence-corrected chi connectivity index (χ2v) is 5.85. The van der Waals surface area contributed by atoms with Crippen LogP contribution in [0.4, 0.5) is 4.79 Å². The molecule has 0 bridgehead atoms. The molecule has 5 heteroatoms. The first-order chi connectivity index (χ1) is 7.37. The van der Waals surface area contributed by atoms with Gasteiger partial charge in [0.15, 0.2) is 0 Å². The number of ether oxygens (including phenoxy) is 1. The van der Waals surface area contributed by atoms with E-state index in [-0.39, 0.29) is 6.09 Å². The Hall–Kier alpha value is -0.420. The van der Waals surface area contributed by atoms with Crippen LogP contribution in [0.1, 0.15) is 33.6 Å². The molecule has 0 radical (unpaired) electrons. The van der Waals surface area contributed by atoms with E-state index in [1.54, 1.807) is 0 Å². The number of alkyl carbamates (subject to hydrolysis) is 1. The molecule has 16 heavy (non-hydrogen) atoms. The molecule has 1 N–H and O–H groups in total. The average Bonchev–Trinajstić information content (AvgIpc) is 2.14. The Balaban J connectivity index is 2.17. The van der Waals surface area contributed by atoms with Crippen molar-refractivity contribution in [2.24, 2.45) is 5.92 Å². The molecule has 0 atom stereocenters. The van der Waals surface area contributed by atoms with Crippen LogP contribution < -0.4 is 5.32 Å². The SMILES string of the molecule is CC(C)(C)OC(=O)NCC1CCN(S)CC1. The molecule has 0 aromatic rings. The van der Waals surface area contributed by atoms with Crippen LogP contribution >= 0.6 is 12.8 Å². The molecule has 94 valence electrons. The lowest BCUT2D eigenvalue weighted by atomic mass is 9.98. The minimum absolute atomic E-state index is 0.319. The number of hydrogen-bond acceptors (Lipinski definition) is 4. The molecule has 0 aromatic heterocycles. The van der Waals surface area contributed by atoms with E-state index in [0.717, 1.165) is 25.9 Å². The van der Waals surface area contributed by atoms with Gasteiger partial charge in [0.25, 0.3) is 0 Å². The number of nitrogens with one attached hydrogen (secondary N) is 1. The van der Waals surface area contributed by atoms with E-state index in [4.69, 9.17) is 4.74 Å². The minimum Gasteiger partial charge on any atom is -0.444 e. The summed E-state index contributed by atoms with van der Waals surface area (Å²) in [5.41, 5.74) is -0.418. The Labute approximate surface area is 103 Å². The predicted molar refractivity (Wildman–Crippen MR) is 67.5 cm³/mol. The molecule has 1 heterocycles. The molecule has 0 aromatic carbocycles. The monoisotopic (exact) mass is 246 g/mol. The Morgan fingerprint density at radius 2 is 2.00 bits per heavy atom. The fourth-order valence-electron chi connectivity index (χ4n) is 1.67. The molecule has 4 nitrogen and oxygen atoms in total. The van der Waals surface area contributed by atoms with E-state index in [9.17, 15) is 4.79 Å². The summed E-state index contributed by atoms with van der Waals surface area (Å²) in [6.07, 6.45) is 1.85. The Morgan fingerprint density at radius 1 is 1.44 bits per heavy atom. The maximum absolute atomic E-state index is 11.4. The highest BCUT2D eigenvalue weighted by Gasteiger charge is 2.20. The van der Waals surface area contributed by atoms with Crippen molar-refractivity contribution in [3.63, 3.8) is 0 Å². The predicted octanol–water partition coefficient (Wildman–Crippen LogP) is 2.07. The summed E-state index contributed by atoms with van der Waals surface area (Å²) < 4.78 is 7.19. The fraction of sp³-hybridized carbons (Fsp3) is 0.909. The fourth-order valence-corrected chi connectivity index (χ4v) is 1.90. The van der Waals surface area contributed by atoms with Crippen molar-refractivity contribution in [1.82, 2.24) is 9.62 Å². The van der Waals surface area contributed by atoms with Gasteiger partial charge in [-0.05, 0) is 39.5 Å². The van der Waals surface area contributed by atoms with Crippen LogP contribution in [0.25, 0.3) is 0 Å². The second kappa shape index (κ2) is 5.77. The zero-order chi connectivity index (χ0) is 12.2. The first-order valence-electron chi connectivity index (χ1n) is 5.77. The number of carbonyl (C=O) groups excluding carboxylic acids is 1. The zero-order valence-corrected chi connectivity index (χ0v) is 11.2. The van der Waals surface area contributed by atoms with Crippen molar-refractivity contribution in [3.05, 3.63) is 0 Å². The summed E-state index contributed by atoms with van der Waals surface area (Å²) in [4.78, 5) is 11.4. The molecular weight excluding hydrogens is 224 g/mol. The summed E-state index contributed by atoms with van der Waals surface area (Å²) in [6, 6.07) is 0. The normalized spacial score (nSPS) is 19.5. The van der Waals surface area contributed by atoms with E-state index in [2.05, 4.69) is 18.1 Å². The largest absolute Gasteiger partial charge is 0.444 e. The highest BCUT2D eigenvalue weighted by molar-refractivity contribution is 7.77. The van der Waals surface area contributed by atoms with Gasteiger partial charge in [0.2, 0.25) is 0 Å². The van der Waals surface area contributed by atoms with Gasteiger partial charge in [0, 0.05) is 19.6 Å². The average molecular weight is 246 g/mol. The third-order valence-electron chi connectivity index (χ3n) is 2.52. The van der Waals surface area contributed by atoms with Crippen LogP contribution in [0.3, 0.4) is 0 Å². The topological polar surface area (TPSA) is 41.6 Å². The first kappa shape index (κ1) is 13.6. The van der Waals surface area contributed by atoms with Gasteiger partial charge in [0.1, 0.15) is 5.60 Å². The second-order valence-electron chi connectivity index (χ2n) is 5.28. The van der Waals surface area contributed by atoms with Crippen molar-refractivity contribution in [2.75, 3.05) is 19.6 Å². The van der Waals surface area contributed by atoms with Crippen LogP contribution in [0.2, 0.25) is 0 Å². The quantitative estimate of drug-likeness (QED) is 0.733. The van der Waals surface area contributed by atoms with Crippen molar-refractivity contribution in [2.45, 2.75) is 39.2 Å². The number of hydrogen-bond donors (Lipinski definition) is 2. The molecule has 0 aliphatic carbocycles. The summed E-state index contributed by atoms with van der Waals surface area (Å²) >= 11 is 4.29. The number of amides is 1. The molecule has 1 aliphatic heterocycles. The number of piperidine rings is 1. The standard InChI is InChI=1S/C11H22N2O2S/c1-11(2,3)15-10(14)12-8-9-4-6-13(16)7-5-9/h9,16H,4-8H2,1-3H3,(H,12,14). The molecule has 0 unspecified atom stereocenters. The maximum atomic E-state index is 11.4. The Kier molecular flexibility index (Phi) is 4.92. The Bertz CT molecular complexity index is 233. The van der Waals surface area contributed by atoms with Gasteiger partial charge < -0.3 is 10.1 Å². The summed E-state index contributed by atoms with van der Waals surface area (Å²) in [7, 11) is 0. The molecule has 0 saturated carbocycles. The third-order valence-corrected chi connectivity index (χ3v) is 2.92. The highest BCUT2D eigenvalue weighted by atomic mass is 32.1. The maximum Gasteiger partial charge on any atom is 0.407 e. The summed E-state index contributed by atoms with van der Waals surface area (Å²) in [5, 5.41) is 2.82. The van der Waals surface area contributed by atoms with E-state index in [0.29, 0.717) is 12.5 Å². The first-order valence-corrected chi connectivity index (χ1v) is 6.17. The molecule has 0 spiro atoms. The van der Waals surface area contributed by atoms with Crippen LogP contribution in [-0.2, 0) is 4.74 Å². The van der Waals surface area contributed by atoms with Gasteiger partial charge in [-0.25, -0.2) is 4.79 Å². The molecule has 1 rings (SSSR count). The molecule has 1 saturated heterocycles. The minimum atomic E-state index is -0.418. The number of carbonyl (C=O) groups is 1. The highest BCUT2D eigenvalue weighted by Crippen LogP contribution is 2.17. The van der Waals surface area contributed by atoms with E-state index >= 15 is 0 Å². The third kappa shape index (κ3) is 5.61. The molecular formula is C11H22N2O2S. The molecule has 1 aliphatic rings. The van der Waals surface area contributed by atoms with E-state index < -0.39 is 5.60 Å². The molecule has 1 fully saturated rings. The smallest absolute Gasteiger partial charge is 0.407 e. The lowest BCUT2D eigenvalue weighted by molar-refractivity contribution is 0.0514. The lowest BCUT2D eigenvalue weighted by Gasteiger charge is -2.28. The van der Waals surface area contributed by atoms with Gasteiger partial charge in [-0.2, -0.15) is 0 Å². The molecule has 1 amide bonds. The van der Waals surface area contributed by atoms with Crippen molar-refractivity contribution >= 4 is 18.9 Å².